The molecule has 0 aromatic heterocycles. The molecule has 1 heterocycles. The van der Waals surface area contributed by atoms with E-state index in [9.17, 15) is 13.2 Å². The van der Waals surface area contributed by atoms with E-state index in [4.69, 9.17) is 0 Å². The third-order valence-corrected chi connectivity index (χ3v) is 8.74. The normalized spacial score (nSPS) is 15.3. The van der Waals surface area contributed by atoms with Crippen LogP contribution in [0.25, 0.3) is 0 Å². The second-order valence-electron chi connectivity index (χ2n) is 8.32. The molecule has 0 saturated carbocycles. The van der Waals surface area contributed by atoms with Crippen LogP contribution in [0.4, 0.5) is 5.69 Å². The van der Waals surface area contributed by atoms with Crippen molar-refractivity contribution in [1.29, 1.82) is 0 Å². The molecule has 3 aromatic rings. The number of sulfonamides is 1. The number of piperidine rings is 1. The molecule has 0 radical (unpaired) electrons. The summed E-state index contributed by atoms with van der Waals surface area (Å²) < 4.78 is 27.2. The Morgan fingerprint density at radius 1 is 0.939 bits per heavy atom. The van der Waals surface area contributed by atoms with E-state index in [1.54, 1.807) is 11.8 Å². The van der Waals surface area contributed by atoms with Crippen molar-refractivity contribution >= 4 is 33.4 Å². The number of benzene rings is 3. The van der Waals surface area contributed by atoms with Gasteiger partial charge in [-0.05, 0) is 49.6 Å². The van der Waals surface area contributed by atoms with E-state index >= 15 is 0 Å². The highest BCUT2D eigenvalue weighted by Crippen LogP contribution is 2.34. The zero-order valence-electron chi connectivity index (χ0n) is 18.6. The topological polar surface area (TPSA) is 66.5 Å². The van der Waals surface area contributed by atoms with Crippen LogP contribution in [0.3, 0.4) is 0 Å². The van der Waals surface area contributed by atoms with Crippen LogP contribution < -0.4 is 5.32 Å². The van der Waals surface area contributed by atoms with Gasteiger partial charge in [-0.3, -0.25) is 4.79 Å². The molecule has 1 saturated heterocycles. The number of hydrogen-bond acceptors (Lipinski definition) is 4. The van der Waals surface area contributed by atoms with E-state index in [-0.39, 0.29) is 17.6 Å². The fraction of sp³-hybridized carbons (Fsp3) is 0.269. The van der Waals surface area contributed by atoms with Crippen LogP contribution in [0.5, 0.6) is 0 Å². The fourth-order valence-corrected chi connectivity index (χ4v) is 6.38. The van der Waals surface area contributed by atoms with Crippen molar-refractivity contribution in [3.05, 3.63) is 90.0 Å². The molecule has 1 N–H and O–H groups in total. The summed E-state index contributed by atoms with van der Waals surface area (Å²) in [4.78, 5) is 15.0. The molecule has 7 heteroatoms. The van der Waals surface area contributed by atoms with Crippen molar-refractivity contribution in [1.82, 2.24) is 4.31 Å². The molecule has 33 heavy (non-hydrogen) atoms. The van der Waals surface area contributed by atoms with E-state index in [0.29, 0.717) is 25.9 Å². The highest BCUT2D eigenvalue weighted by Gasteiger charge is 2.31. The molecule has 1 aliphatic heterocycles. The Bertz CT molecular complexity index is 1190. The fourth-order valence-electron chi connectivity index (χ4n) is 3.89. The van der Waals surface area contributed by atoms with Crippen LogP contribution >= 0.6 is 11.8 Å². The average molecular weight is 481 g/mol. The van der Waals surface area contributed by atoms with Crippen molar-refractivity contribution in [3.63, 3.8) is 0 Å². The van der Waals surface area contributed by atoms with Crippen LogP contribution in [0.15, 0.2) is 88.7 Å². The molecular weight excluding hydrogens is 452 g/mol. The van der Waals surface area contributed by atoms with E-state index < -0.39 is 10.0 Å². The smallest absolute Gasteiger partial charge is 0.227 e. The first-order valence-corrected chi connectivity index (χ1v) is 13.5. The number of anilines is 1. The SMILES string of the molecule is Cc1ccc(CS(=O)(=O)N2CCC(C(=O)Nc3ccccc3Sc3ccccc3)CC2)cc1. The summed E-state index contributed by atoms with van der Waals surface area (Å²) >= 11 is 1.61. The van der Waals surface area contributed by atoms with Crippen molar-refractivity contribution in [2.45, 2.75) is 35.3 Å². The Balaban J connectivity index is 1.35. The van der Waals surface area contributed by atoms with Crippen molar-refractivity contribution in [2.24, 2.45) is 5.92 Å². The number of aryl methyl sites for hydroxylation is 1. The van der Waals surface area contributed by atoms with Gasteiger partial charge in [-0.15, -0.1) is 0 Å². The summed E-state index contributed by atoms with van der Waals surface area (Å²) in [6.07, 6.45) is 1.04. The molecule has 0 spiro atoms. The third-order valence-electron chi connectivity index (χ3n) is 5.80. The van der Waals surface area contributed by atoms with Gasteiger partial charge in [0.05, 0.1) is 11.4 Å². The van der Waals surface area contributed by atoms with Gasteiger partial charge in [0, 0.05) is 28.8 Å². The predicted molar refractivity (Wildman–Crippen MR) is 134 cm³/mol. The number of amides is 1. The summed E-state index contributed by atoms with van der Waals surface area (Å²) in [5.41, 5.74) is 2.67. The van der Waals surface area contributed by atoms with Gasteiger partial charge in [0.1, 0.15) is 0 Å². The second-order valence-corrected chi connectivity index (χ2v) is 11.4. The summed E-state index contributed by atoms with van der Waals surface area (Å²) in [7, 11) is -3.40. The summed E-state index contributed by atoms with van der Waals surface area (Å²) in [5.74, 6) is -0.258. The first-order valence-electron chi connectivity index (χ1n) is 11.1. The molecule has 0 unspecified atom stereocenters. The maximum absolute atomic E-state index is 13.0. The molecule has 5 nitrogen and oxygen atoms in total. The van der Waals surface area contributed by atoms with Crippen molar-refractivity contribution < 1.29 is 13.2 Å². The number of nitrogens with zero attached hydrogens (tertiary/aromatic N) is 1. The van der Waals surface area contributed by atoms with Gasteiger partial charge < -0.3 is 5.32 Å². The Morgan fingerprint density at radius 2 is 1.58 bits per heavy atom. The van der Waals surface area contributed by atoms with E-state index in [2.05, 4.69) is 5.32 Å². The number of para-hydroxylation sites is 1. The minimum absolute atomic E-state index is 0.00573. The number of carbonyl (C=O) groups excluding carboxylic acids is 1. The maximum Gasteiger partial charge on any atom is 0.227 e. The van der Waals surface area contributed by atoms with Gasteiger partial charge in [-0.25, -0.2) is 12.7 Å². The predicted octanol–water partition coefficient (Wildman–Crippen LogP) is 5.33. The van der Waals surface area contributed by atoms with E-state index in [0.717, 1.165) is 26.6 Å². The molecule has 1 amide bonds. The quantitative estimate of drug-likeness (QED) is 0.497. The van der Waals surface area contributed by atoms with Crippen LogP contribution in [0, 0.1) is 12.8 Å². The molecule has 4 rings (SSSR count). The summed E-state index contributed by atoms with van der Waals surface area (Å²) in [6.45, 7) is 2.71. The first kappa shape index (κ1) is 23.5. The number of rotatable bonds is 7. The van der Waals surface area contributed by atoms with Crippen molar-refractivity contribution in [3.8, 4) is 0 Å². The number of carbonyl (C=O) groups is 1. The molecule has 0 aliphatic carbocycles. The third kappa shape index (κ3) is 6.25. The number of hydrogen-bond donors (Lipinski definition) is 1. The Labute approximate surface area is 200 Å². The van der Waals surface area contributed by atoms with Gasteiger partial charge in [-0.2, -0.15) is 0 Å². The lowest BCUT2D eigenvalue weighted by Gasteiger charge is -2.30. The van der Waals surface area contributed by atoms with Crippen LogP contribution in [0.1, 0.15) is 24.0 Å². The zero-order valence-corrected chi connectivity index (χ0v) is 20.2. The summed E-state index contributed by atoms with van der Waals surface area (Å²) in [5, 5.41) is 3.07. The van der Waals surface area contributed by atoms with E-state index in [1.165, 1.54) is 4.31 Å². The minimum Gasteiger partial charge on any atom is -0.325 e. The number of nitrogens with one attached hydrogen (secondary N) is 1. The Kier molecular flexibility index (Phi) is 7.53. The van der Waals surface area contributed by atoms with Crippen molar-refractivity contribution in [2.75, 3.05) is 18.4 Å². The van der Waals surface area contributed by atoms with Crippen LogP contribution in [0.2, 0.25) is 0 Å². The van der Waals surface area contributed by atoms with Gasteiger partial charge in [0.25, 0.3) is 0 Å². The molecule has 0 atom stereocenters. The lowest BCUT2D eigenvalue weighted by atomic mass is 9.97. The van der Waals surface area contributed by atoms with Gasteiger partial charge in [0.15, 0.2) is 0 Å². The highest BCUT2D eigenvalue weighted by molar-refractivity contribution is 7.99. The molecule has 1 fully saturated rings. The lowest BCUT2D eigenvalue weighted by Crippen LogP contribution is -2.41. The van der Waals surface area contributed by atoms with Crippen LogP contribution in [-0.4, -0.2) is 31.7 Å². The molecular formula is C26H28N2O3S2. The molecule has 1 aliphatic rings. The van der Waals surface area contributed by atoms with Gasteiger partial charge in [0.2, 0.25) is 15.9 Å². The zero-order chi connectivity index (χ0) is 23.3. The van der Waals surface area contributed by atoms with E-state index in [1.807, 2.05) is 85.8 Å². The largest absolute Gasteiger partial charge is 0.325 e. The molecule has 0 bridgehead atoms. The maximum atomic E-state index is 13.0. The Morgan fingerprint density at radius 3 is 2.27 bits per heavy atom. The molecule has 172 valence electrons. The molecule has 3 aromatic carbocycles. The Hall–Kier alpha value is -2.61. The lowest BCUT2D eigenvalue weighted by molar-refractivity contribution is -0.120. The van der Waals surface area contributed by atoms with Crippen LogP contribution in [-0.2, 0) is 20.6 Å². The van der Waals surface area contributed by atoms with Gasteiger partial charge >= 0.3 is 0 Å². The van der Waals surface area contributed by atoms with Gasteiger partial charge in [-0.1, -0.05) is 71.9 Å². The average Bonchev–Trinajstić information content (AvgIpc) is 2.82. The minimum atomic E-state index is -3.40. The second kappa shape index (κ2) is 10.5. The highest BCUT2D eigenvalue weighted by atomic mass is 32.2. The summed E-state index contributed by atoms with van der Waals surface area (Å²) in [6, 6.07) is 25.4. The first-order chi connectivity index (χ1) is 15.9. The standard InChI is InChI=1S/C26H28N2O3S2/c1-20-11-13-21(14-12-20)19-33(30,31)28-17-15-22(16-18-28)26(29)27-24-9-5-6-10-25(24)32-23-7-3-2-4-8-23/h2-14,22H,15-19H2,1H3,(H,27,29). The monoisotopic (exact) mass is 480 g/mol.